The van der Waals surface area contributed by atoms with Crippen molar-refractivity contribution in [3.63, 3.8) is 0 Å². The summed E-state index contributed by atoms with van der Waals surface area (Å²) in [7, 11) is 0. The molecule has 0 fully saturated rings. The molecule has 2 aromatic heterocycles. The highest BCUT2D eigenvalue weighted by Crippen LogP contribution is 2.06. The molecule has 9 heteroatoms. The van der Waals surface area contributed by atoms with Crippen LogP contribution in [0.1, 0.15) is 6.42 Å². The lowest BCUT2D eigenvalue weighted by atomic mass is 10.3. The summed E-state index contributed by atoms with van der Waals surface area (Å²) >= 11 is 0. The number of anilines is 1. The highest BCUT2D eigenvalue weighted by atomic mass is 16.7. The number of rotatable bonds is 5. The molecular weight excluding hydrogens is 242 g/mol. The Bertz CT molecular complexity index is 592. The molecule has 2 aromatic rings. The highest BCUT2D eigenvalue weighted by Gasteiger charge is 2.14. The first-order valence-electron chi connectivity index (χ1n) is 5.27. The number of nitrogens with one attached hydrogen (secondary N) is 1. The lowest BCUT2D eigenvalue weighted by Gasteiger charge is -2.15. The van der Waals surface area contributed by atoms with Crippen LogP contribution in [0.15, 0.2) is 11.1 Å². The molecule has 2 rings (SSSR count). The Labute approximate surface area is 101 Å². The van der Waals surface area contributed by atoms with E-state index in [0.29, 0.717) is 0 Å². The van der Waals surface area contributed by atoms with Gasteiger partial charge < -0.3 is 20.8 Å². The van der Waals surface area contributed by atoms with E-state index >= 15 is 0 Å². The van der Waals surface area contributed by atoms with Gasteiger partial charge in [-0.05, 0) is 0 Å². The van der Waals surface area contributed by atoms with Crippen LogP contribution in [0.25, 0.3) is 11.2 Å². The van der Waals surface area contributed by atoms with Crippen LogP contribution in [0.4, 0.5) is 5.95 Å². The van der Waals surface area contributed by atoms with Gasteiger partial charge in [-0.25, -0.2) is 4.98 Å². The van der Waals surface area contributed by atoms with E-state index in [0.717, 1.165) is 4.73 Å². The summed E-state index contributed by atoms with van der Waals surface area (Å²) in [5.74, 6) is -0.0550. The minimum Gasteiger partial charge on any atom is -0.405 e. The number of nitrogen functional groups attached to an aromatic ring is 1. The third kappa shape index (κ3) is 2.26. The first-order chi connectivity index (χ1) is 8.65. The minimum atomic E-state index is -0.616. The summed E-state index contributed by atoms with van der Waals surface area (Å²) in [6, 6.07) is 0. The van der Waals surface area contributed by atoms with Crippen LogP contribution < -0.4 is 16.1 Å². The number of hydrogen-bond acceptors (Lipinski definition) is 7. The number of fused-ring (bicyclic) bond motifs is 1. The molecule has 1 atom stereocenters. The predicted octanol–water partition coefficient (Wildman–Crippen LogP) is -2.13. The molecule has 0 saturated carbocycles. The quantitative estimate of drug-likeness (QED) is 0.478. The standard InChI is InChI=1S/C9H13N5O4/c10-9-12-7-6(8(17)13-9)11-4-14(7)18-5(3-16)1-2-15/h4-5,15-16H,1-3H2,(H3,10,12,13,17)/t5-/m1/s1. The normalized spacial score (nSPS) is 12.8. The van der Waals surface area contributed by atoms with Crippen LogP contribution >= 0.6 is 0 Å². The van der Waals surface area contributed by atoms with Crippen molar-refractivity contribution in [3.8, 4) is 0 Å². The molecule has 0 spiro atoms. The smallest absolute Gasteiger partial charge is 0.280 e. The number of aromatic nitrogens is 4. The largest absolute Gasteiger partial charge is 0.405 e. The second-order valence-corrected chi connectivity index (χ2v) is 3.62. The Morgan fingerprint density at radius 2 is 2.33 bits per heavy atom. The summed E-state index contributed by atoms with van der Waals surface area (Å²) in [4.78, 5) is 26.9. The summed E-state index contributed by atoms with van der Waals surface area (Å²) in [6.07, 6.45) is 0.885. The van der Waals surface area contributed by atoms with E-state index in [-0.39, 0.29) is 36.7 Å². The van der Waals surface area contributed by atoms with Crippen LogP contribution in [0.5, 0.6) is 0 Å². The first-order valence-corrected chi connectivity index (χ1v) is 5.27. The molecule has 0 saturated heterocycles. The highest BCUT2D eigenvalue weighted by molar-refractivity contribution is 5.69. The van der Waals surface area contributed by atoms with Crippen LogP contribution in [0.2, 0.25) is 0 Å². The van der Waals surface area contributed by atoms with E-state index in [1.54, 1.807) is 0 Å². The van der Waals surface area contributed by atoms with Gasteiger partial charge in [-0.15, -0.1) is 0 Å². The number of nitrogens with two attached hydrogens (primary N) is 1. The van der Waals surface area contributed by atoms with Gasteiger partial charge in [0.1, 0.15) is 6.33 Å². The van der Waals surface area contributed by atoms with Crippen molar-refractivity contribution < 1.29 is 15.1 Å². The number of hydrogen-bond donors (Lipinski definition) is 4. The van der Waals surface area contributed by atoms with Gasteiger partial charge in [0.15, 0.2) is 11.6 Å². The van der Waals surface area contributed by atoms with Gasteiger partial charge in [-0.2, -0.15) is 9.71 Å². The molecule has 0 bridgehead atoms. The zero-order valence-corrected chi connectivity index (χ0v) is 9.41. The van der Waals surface area contributed by atoms with E-state index in [2.05, 4.69) is 15.0 Å². The lowest BCUT2D eigenvalue weighted by Crippen LogP contribution is -2.29. The van der Waals surface area contributed by atoms with Crippen LogP contribution in [-0.4, -0.2) is 49.2 Å². The zero-order chi connectivity index (χ0) is 13.1. The van der Waals surface area contributed by atoms with Crippen molar-refractivity contribution in [2.45, 2.75) is 12.5 Å². The molecule has 2 heterocycles. The maximum Gasteiger partial charge on any atom is 0.280 e. The average molecular weight is 255 g/mol. The molecule has 5 N–H and O–H groups in total. The molecule has 0 unspecified atom stereocenters. The number of aromatic amines is 1. The molecule has 9 nitrogen and oxygen atoms in total. The van der Waals surface area contributed by atoms with Crippen LogP contribution in [-0.2, 0) is 0 Å². The van der Waals surface area contributed by atoms with Crippen LogP contribution in [0.3, 0.4) is 0 Å². The van der Waals surface area contributed by atoms with Gasteiger partial charge in [0.05, 0.1) is 6.61 Å². The molecule has 0 amide bonds. The van der Waals surface area contributed by atoms with Gasteiger partial charge >= 0.3 is 0 Å². The van der Waals surface area contributed by atoms with E-state index < -0.39 is 11.7 Å². The Balaban J connectivity index is 2.37. The fourth-order valence-corrected chi connectivity index (χ4v) is 1.47. The molecular formula is C9H13N5O4. The van der Waals surface area contributed by atoms with Crippen molar-refractivity contribution in [1.29, 1.82) is 0 Å². The third-order valence-corrected chi connectivity index (χ3v) is 2.31. The fourth-order valence-electron chi connectivity index (χ4n) is 1.47. The van der Waals surface area contributed by atoms with E-state index in [1.807, 2.05) is 0 Å². The van der Waals surface area contributed by atoms with Gasteiger partial charge in [-0.3, -0.25) is 9.78 Å². The Morgan fingerprint density at radius 1 is 1.56 bits per heavy atom. The van der Waals surface area contributed by atoms with E-state index in [9.17, 15) is 4.79 Å². The molecule has 0 aliphatic rings. The second kappa shape index (κ2) is 5.02. The van der Waals surface area contributed by atoms with Gasteiger partial charge in [0.2, 0.25) is 11.6 Å². The molecule has 98 valence electrons. The topological polar surface area (TPSA) is 139 Å². The number of aliphatic hydroxyl groups excluding tert-OH is 2. The number of nitrogens with zero attached hydrogens (tertiary/aromatic N) is 3. The van der Waals surface area contributed by atoms with E-state index in [1.165, 1.54) is 6.33 Å². The van der Waals surface area contributed by atoms with Crippen molar-refractivity contribution in [3.05, 3.63) is 16.7 Å². The lowest BCUT2D eigenvalue weighted by molar-refractivity contribution is -0.00642. The van der Waals surface area contributed by atoms with Gasteiger partial charge in [0.25, 0.3) is 5.56 Å². The average Bonchev–Trinajstić information content (AvgIpc) is 2.72. The molecule has 0 aliphatic heterocycles. The summed E-state index contributed by atoms with van der Waals surface area (Å²) in [5.41, 5.74) is 5.20. The summed E-state index contributed by atoms with van der Waals surface area (Å²) < 4.78 is 1.15. The second-order valence-electron chi connectivity index (χ2n) is 3.62. The number of aliphatic hydroxyl groups is 2. The predicted molar refractivity (Wildman–Crippen MR) is 61.7 cm³/mol. The molecule has 0 aromatic carbocycles. The molecule has 0 aliphatic carbocycles. The van der Waals surface area contributed by atoms with Crippen molar-refractivity contribution in [2.24, 2.45) is 0 Å². The van der Waals surface area contributed by atoms with Crippen molar-refractivity contribution in [1.82, 2.24) is 19.7 Å². The van der Waals surface area contributed by atoms with Gasteiger partial charge in [-0.1, -0.05) is 0 Å². The summed E-state index contributed by atoms with van der Waals surface area (Å²) in [6.45, 7) is -0.410. The first kappa shape index (κ1) is 12.3. The molecule has 18 heavy (non-hydrogen) atoms. The number of H-pyrrole nitrogens is 1. The number of imidazole rings is 1. The van der Waals surface area contributed by atoms with Crippen LogP contribution in [0, 0.1) is 0 Å². The zero-order valence-electron chi connectivity index (χ0n) is 9.41. The maximum atomic E-state index is 11.5. The Morgan fingerprint density at radius 3 is 3.00 bits per heavy atom. The third-order valence-electron chi connectivity index (χ3n) is 2.31. The maximum absolute atomic E-state index is 11.5. The van der Waals surface area contributed by atoms with Crippen molar-refractivity contribution >= 4 is 17.1 Å². The Kier molecular flexibility index (Phi) is 3.44. The minimum absolute atomic E-state index is 0.0550. The monoisotopic (exact) mass is 255 g/mol. The van der Waals surface area contributed by atoms with Crippen molar-refractivity contribution in [2.75, 3.05) is 18.9 Å². The Hall–Kier alpha value is -2.13. The fraction of sp³-hybridized carbons (Fsp3) is 0.444. The van der Waals surface area contributed by atoms with E-state index in [4.69, 9.17) is 20.8 Å². The SMILES string of the molecule is Nc1nc2c(ncn2O[C@@H](CO)CCO)c(=O)[nH]1. The molecule has 0 radical (unpaired) electrons. The summed E-state index contributed by atoms with van der Waals surface area (Å²) in [5, 5.41) is 17.8. The van der Waals surface area contributed by atoms with Gasteiger partial charge in [0, 0.05) is 13.0 Å².